The monoisotopic (exact) mass is 1430 g/mol. The molecule has 4 aromatic heterocycles. The van der Waals surface area contributed by atoms with Crippen molar-refractivity contribution in [3.8, 4) is 72.4 Å². The molecule has 2 aliphatic heterocycles. The molecule has 20 aromatic rings. The van der Waals surface area contributed by atoms with Crippen LogP contribution in [0.15, 0.2) is 353 Å². The molecule has 0 bridgehead atoms. The molecular formula is C104H74BN3O3. The van der Waals surface area contributed by atoms with Gasteiger partial charge in [0.2, 0.25) is 0 Å². The summed E-state index contributed by atoms with van der Waals surface area (Å²) >= 11 is 0. The minimum Gasteiger partial charge on any atom is -0.456 e. The lowest BCUT2D eigenvalue weighted by atomic mass is 9.33. The summed E-state index contributed by atoms with van der Waals surface area (Å²) in [5.74, 6) is 0. The average molecular weight is 1430 g/mol. The Morgan fingerprint density at radius 2 is 0.730 bits per heavy atom. The highest BCUT2D eigenvalue weighted by Gasteiger charge is 2.47. The smallest absolute Gasteiger partial charge is 0.252 e. The van der Waals surface area contributed by atoms with Crippen LogP contribution >= 0.6 is 0 Å². The molecule has 7 heteroatoms. The van der Waals surface area contributed by atoms with E-state index in [9.17, 15) is 11.0 Å². The van der Waals surface area contributed by atoms with Gasteiger partial charge in [0.1, 0.15) is 33.5 Å². The van der Waals surface area contributed by atoms with Crippen LogP contribution in [0.5, 0.6) is 0 Å². The van der Waals surface area contributed by atoms with Crippen LogP contribution < -0.4 is 26.2 Å². The lowest BCUT2D eigenvalue weighted by Crippen LogP contribution is -2.61. The number of furan rings is 3. The molecule has 0 unspecified atom stereocenters. The van der Waals surface area contributed by atoms with Gasteiger partial charge in [0.25, 0.3) is 6.71 Å². The fourth-order valence-corrected chi connectivity index (χ4v) is 17.8. The van der Waals surface area contributed by atoms with Gasteiger partial charge in [-0.2, -0.15) is 0 Å². The van der Waals surface area contributed by atoms with Gasteiger partial charge in [-0.1, -0.05) is 284 Å². The number of benzene rings is 16. The lowest BCUT2D eigenvalue weighted by Gasteiger charge is -2.46. The standard InChI is InChI=1S/C104H74BN3O3/c1-103(2,3)69-58-81(64-30-12-8-13-31-64)99(84(60-69)79-41-26-39-77-74-36-18-24-46-95(74)110-101(77)79)107-90-52-48-67(63-28-10-7-11-29-63)55-87(90)105-86-51-50-71(106-88-43-21-16-34-72(88)73-35-17-22-44-89(73)106)62-91(86)108(93-57-68(56-92(107)98(93)105)66-49-53-97-83(54-66)76-38-20-23-45-94(76)109-97)100-82(65-32-14-9-15-33-65)59-70(104(4,5)6)61-85(100)80-42-27-40-78-75-37-19-25-47-96(75)111-102(78)80/h7-62H,1-6H3/i16D,17D,21D,22D,34D,35D,43D,44D. The maximum atomic E-state index is 10.0. The highest BCUT2D eigenvalue weighted by atomic mass is 16.3. The average Bonchev–Trinajstić information content (AvgIpc) is 1.69. The van der Waals surface area contributed by atoms with E-state index in [0.717, 1.165) is 183 Å². The first-order valence-corrected chi connectivity index (χ1v) is 38.0. The van der Waals surface area contributed by atoms with Crippen molar-refractivity contribution in [3.63, 3.8) is 0 Å². The molecule has 6 nitrogen and oxygen atoms in total. The second-order valence-electron chi connectivity index (χ2n) is 31.6. The number of nitrogens with zero attached hydrogens (tertiary/aromatic N) is 3. The van der Waals surface area contributed by atoms with Crippen LogP contribution in [0.25, 0.3) is 160 Å². The molecule has 0 spiro atoms. The number of hydrogen-bond donors (Lipinski definition) is 0. The Bertz CT molecular complexity index is 7690. The highest BCUT2D eigenvalue weighted by molar-refractivity contribution is 7.00. The molecule has 526 valence electrons. The summed E-state index contributed by atoms with van der Waals surface area (Å²) in [4.78, 5) is 4.99. The number of para-hydroxylation sites is 7. The summed E-state index contributed by atoms with van der Waals surface area (Å²) < 4.78 is 99.5. The van der Waals surface area contributed by atoms with Crippen LogP contribution in [0.4, 0.5) is 34.1 Å². The van der Waals surface area contributed by atoms with Crippen LogP contribution in [0.2, 0.25) is 0 Å². The molecule has 0 amide bonds. The Balaban J connectivity index is 0.966. The van der Waals surface area contributed by atoms with Gasteiger partial charge in [0, 0.05) is 105 Å². The van der Waals surface area contributed by atoms with E-state index in [4.69, 9.17) is 13.3 Å². The summed E-state index contributed by atoms with van der Waals surface area (Å²) in [5.41, 5.74) is 25.3. The molecule has 6 heterocycles. The number of fused-ring (bicyclic) bond motifs is 16. The van der Waals surface area contributed by atoms with E-state index in [2.05, 4.69) is 288 Å². The topological polar surface area (TPSA) is 50.8 Å². The van der Waals surface area contributed by atoms with Crippen molar-refractivity contribution in [3.05, 3.63) is 351 Å². The van der Waals surface area contributed by atoms with Gasteiger partial charge in [-0.3, -0.25) is 0 Å². The molecule has 22 rings (SSSR count). The summed E-state index contributed by atoms with van der Waals surface area (Å²) in [6.45, 7) is 13.0. The minimum atomic E-state index is -0.607. The molecule has 0 aliphatic carbocycles. The zero-order chi connectivity index (χ0) is 81.1. The molecule has 0 saturated carbocycles. The summed E-state index contributed by atoms with van der Waals surface area (Å²) in [5, 5.41) is 5.81. The Morgan fingerprint density at radius 3 is 1.27 bits per heavy atom. The molecule has 0 radical (unpaired) electrons. The van der Waals surface area contributed by atoms with Crippen molar-refractivity contribution in [2.24, 2.45) is 0 Å². The minimum absolute atomic E-state index is 0.0104. The lowest BCUT2D eigenvalue weighted by molar-refractivity contribution is 0.590. The van der Waals surface area contributed by atoms with Crippen molar-refractivity contribution in [2.45, 2.75) is 52.4 Å². The zero-order valence-corrected chi connectivity index (χ0v) is 61.9. The molecule has 2 aliphatic rings. The fourth-order valence-electron chi connectivity index (χ4n) is 17.8. The first kappa shape index (κ1) is 56.6. The van der Waals surface area contributed by atoms with Crippen molar-refractivity contribution in [1.82, 2.24) is 4.57 Å². The van der Waals surface area contributed by atoms with Gasteiger partial charge in [0.15, 0.2) is 0 Å². The number of aromatic nitrogens is 1. The van der Waals surface area contributed by atoms with Gasteiger partial charge in [0.05, 0.1) is 33.4 Å². The third kappa shape index (κ3) is 10.0. The van der Waals surface area contributed by atoms with Crippen LogP contribution in [-0.4, -0.2) is 11.3 Å². The van der Waals surface area contributed by atoms with Gasteiger partial charge in [-0.15, -0.1) is 0 Å². The fraction of sp³-hybridized carbons (Fsp3) is 0.0769. The van der Waals surface area contributed by atoms with Crippen LogP contribution in [0, 0.1) is 0 Å². The van der Waals surface area contributed by atoms with Gasteiger partial charge in [-0.25, -0.2) is 0 Å². The molecule has 16 aromatic carbocycles. The summed E-state index contributed by atoms with van der Waals surface area (Å²) in [6.07, 6.45) is 0. The van der Waals surface area contributed by atoms with E-state index in [1.807, 2.05) is 54.6 Å². The van der Waals surface area contributed by atoms with Crippen molar-refractivity contribution >= 4 is 145 Å². The van der Waals surface area contributed by atoms with Crippen LogP contribution in [0.1, 0.15) is 63.6 Å². The second-order valence-corrected chi connectivity index (χ2v) is 31.6. The highest BCUT2D eigenvalue weighted by Crippen LogP contribution is 2.57. The van der Waals surface area contributed by atoms with Crippen molar-refractivity contribution in [1.29, 1.82) is 0 Å². The van der Waals surface area contributed by atoms with E-state index in [1.165, 1.54) is 0 Å². The van der Waals surface area contributed by atoms with E-state index >= 15 is 0 Å². The van der Waals surface area contributed by atoms with E-state index in [0.29, 0.717) is 17.0 Å². The number of anilines is 6. The maximum Gasteiger partial charge on any atom is 0.252 e. The van der Waals surface area contributed by atoms with Gasteiger partial charge in [-0.05, 0) is 169 Å². The first-order chi connectivity index (χ1) is 57.6. The second kappa shape index (κ2) is 24.4. The third-order valence-corrected chi connectivity index (χ3v) is 23.1. The van der Waals surface area contributed by atoms with Gasteiger partial charge < -0.3 is 27.6 Å². The van der Waals surface area contributed by atoms with Crippen molar-refractivity contribution < 1.29 is 24.2 Å². The molecule has 111 heavy (non-hydrogen) atoms. The largest absolute Gasteiger partial charge is 0.456 e. The van der Waals surface area contributed by atoms with E-state index < -0.39 is 60.5 Å². The Kier molecular flexibility index (Phi) is 12.5. The summed E-state index contributed by atoms with van der Waals surface area (Å²) in [6, 6.07) is 99.7. The Morgan fingerprint density at radius 1 is 0.288 bits per heavy atom. The molecule has 0 saturated heterocycles. The van der Waals surface area contributed by atoms with Crippen LogP contribution in [0.3, 0.4) is 0 Å². The van der Waals surface area contributed by atoms with Crippen molar-refractivity contribution in [2.75, 3.05) is 9.80 Å². The maximum absolute atomic E-state index is 10.0. The number of rotatable bonds is 9. The first-order valence-electron chi connectivity index (χ1n) is 42.0. The summed E-state index contributed by atoms with van der Waals surface area (Å²) in [7, 11) is 0. The molecule has 0 N–H and O–H groups in total. The predicted molar refractivity (Wildman–Crippen MR) is 467 cm³/mol. The third-order valence-electron chi connectivity index (χ3n) is 23.1. The molecular weight excluding hydrogens is 1350 g/mol. The Hall–Kier alpha value is -13.6. The Labute approximate surface area is 655 Å². The predicted octanol–water partition coefficient (Wildman–Crippen LogP) is 27.2. The molecule has 0 atom stereocenters. The zero-order valence-electron chi connectivity index (χ0n) is 69.9. The number of hydrogen-bond acceptors (Lipinski definition) is 5. The quantitative estimate of drug-likeness (QED) is 0.135. The van der Waals surface area contributed by atoms with Gasteiger partial charge >= 0.3 is 0 Å². The van der Waals surface area contributed by atoms with E-state index in [-0.39, 0.29) is 27.2 Å². The normalized spacial score (nSPS) is 13.9. The van der Waals surface area contributed by atoms with E-state index in [1.54, 1.807) is 4.57 Å². The SMILES string of the molecule is [2H]c1c([2H])c([2H])c2c(c1[2H])c1c([2H])c([2H])c([2H])c([2H])c1n2-c1ccc2c(c1)N(c1c(-c3ccccc3)cc(C(C)(C)C)cc1-c1cccc3c1oc1ccccc13)c1cc(-c3ccc4oc5ccccc5c4c3)cc3c1B2c1cc(-c2ccccc2)ccc1N3c1c(-c2ccccc2)cc(C(C)(C)C)cc1-c1cccc2c1oc1ccccc12. The van der Waals surface area contributed by atoms with Crippen LogP contribution in [-0.2, 0) is 10.8 Å². The molecule has 0 fully saturated rings.